The van der Waals surface area contributed by atoms with Gasteiger partial charge in [-0.05, 0) is 50.9 Å². The van der Waals surface area contributed by atoms with Crippen molar-refractivity contribution in [2.75, 3.05) is 19.6 Å². The average Bonchev–Trinajstić information content (AvgIpc) is 3.23. The molecule has 6 nitrogen and oxygen atoms in total. The van der Waals surface area contributed by atoms with Gasteiger partial charge in [0.2, 0.25) is 11.8 Å². The van der Waals surface area contributed by atoms with Crippen LogP contribution in [-0.2, 0) is 9.59 Å². The van der Waals surface area contributed by atoms with Gasteiger partial charge in [0.25, 0.3) is 0 Å². The van der Waals surface area contributed by atoms with Crippen molar-refractivity contribution in [3.8, 4) is 0 Å². The second-order valence-corrected chi connectivity index (χ2v) is 10.5. The second kappa shape index (κ2) is 9.68. The van der Waals surface area contributed by atoms with Crippen molar-refractivity contribution < 1.29 is 27.2 Å². The van der Waals surface area contributed by atoms with Gasteiger partial charge in [-0.1, -0.05) is 6.92 Å². The maximum Gasteiger partial charge on any atom is 0.410 e. The SMILES string of the molecule is CC(=O)N1CCN([C@H]2CCC[C@@H](NC(=O)C3CC4C(F)CCC(C)C4N3)C2)C[C@H]1C(F)(F)F. The minimum atomic E-state index is -4.47. The highest BCUT2D eigenvalue weighted by Gasteiger charge is 2.49. The fourth-order valence-electron chi connectivity index (χ4n) is 6.52. The van der Waals surface area contributed by atoms with E-state index < -0.39 is 30.3 Å². The summed E-state index contributed by atoms with van der Waals surface area (Å²) in [6.45, 7) is 3.52. The number of alkyl halides is 4. The van der Waals surface area contributed by atoms with E-state index in [1.54, 1.807) is 0 Å². The van der Waals surface area contributed by atoms with E-state index in [4.69, 9.17) is 0 Å². The second-order valence-electron chi connectivity index (χ2n) is 10.5. The first-order chi connectivity index (χ1) is 15.5. The molecule has 2 amide bonds. The van der Waals surface area contributed by atoms with Gasteiger partial charge in [0.15, 0.2) is 0 Å². The van der Waals surface area contributed by atoms with Crippen LogP contribution in [0.25, 0.3) is 0 Å². The summed E-state index contributed by atoms with van der Waals surface area (Å²) >= 11 is 0. The van der Waals surface area contributed by atoms with E-state index in [1.807, 2.05) is 4.90 Å². The summed E-state index contributed by atoms with van der Waals surface area (Å²) in [7, 11) is 0. The Labute approximate surface area is 192 Å². The molecule has 2 saturated carbocycles. The molecule has 10 heteroatoms. The van der Waals surface area contributed by atoms with E-state index in [-0.39, 0.29) is 43.0 Å². The van der Waals surface area contributed by atoms with Crippen LogP contribution in [-0.4, -0.2) is 83.8 Å². The first-order valence-electron chi connectivity index (χ1n) is 12.3. The topological polar surface area (TPSA) is 64.7 Å². The van der Waals surface area contributed by atoms with Gasteiger partial charge in [-0.3, -0.25) is 14.5 Å². The third-order valence-corrected chi connectivity index (χ3v) is 8.36. The standard InChI is InChI=1S/C23H36F4N4O2/c1-13-6-7-18(24)17-11-19(29-21(13)17)22(33)28-15-4-3-5-16(10-15)30-8-9-31(14(2)32)20(12-30)23(25,26)27/h13,15-21,29H,3-12H2,1-2H3,(H,28,33)/t13?,15-,16+,17?,18?,19?,20+,21?/m1/s1. The van der Waals surface area contributed by atoms with Crippen LogP contribution in [0, 0.1) is 11.8 Å². The molecular weight excluding hydrogens is 440 g/mol. The monoisotopic (exact) mass is 476 g/mol. The first kappa shape index (κ1) is 24.7. The molecule has 2 aliphatic carbocycles. The number of nitrogens with zero attached hydrogens (tertiary/aromatic N) is 2. The molecule has 4 aliphatic rings. The summed E-state index contributed by atoms with van der Waals surface area (Å²) in [4.78, 5) is 27.4. The Morgan fingerprint density at radius 3 is 2.48 bits per heavy atom. The molecule has 188 valence electrons. The Balaban J connectivity index is 1.33. The zero-order valence-electron chi connectivity index (χ0n) is 19.4. The van der Waals surface area contributed by atoms with Crippen LogP contribution in [0.2, 0.25) is 0 Å². The number of fused-ring (bicyclic) bond motifs is 1. The fourth-order valence-corrected chi connectivity index (χ4v) is 6.52. The smallest absolute Gasteiger partial charge is 0.352 e. The third-order valence-electron chi connectivity index (χ3n) is 8.36. The molecule has 0 aromatic rings. The Kier molecular flexibility index (Phi) is 7.24. The van der Waals surface area contributed by atoms with E-state index in [0.29, 0.717) is 31.7 Å². The van der Waals surface area contributed by atoms with E-state index in [2.05, 4.69) is 17.6 Å². The quantitative estimate of drug-likeness (QED) is 0.615. The van der Waals surface area contributed by atoms with Crippen LogP contribution in [0.1, 0.15) is 58.8 Å². The molecule has 0 spiro atoms. The Morgan fingerprint density at radius 2 is 1.82 bits per heavy atom. The zero-order chi connectivity index (χ0) is 23.9. The molecule has 2 saturated heterocycles. The van der Waals surface area contributed by atoms with Crippen LogP contribution >= 0.6 is 0 Å². The summed E-state index contributed by atoms with van der Waals surface area (Å²) in [5.74, 6) is -0.459. The highest BCUT2D eigenvalue weighted by molar-refractivity contribution is 5.82. The van der Waals surface area contributed by atoms with Gasteiger partial charge in [0.05, 0.1) is 6.04 Å². The summed E-state index contributed by atoms with van der Waals surface area (Å²) in [5, 5.41) is 6.45. The first-order valence-corrected chi connectivity index (χ1v) is 12.3. The largest absolute Gasteiger partial charge is 0.410 e. The van der Waals surface area contributed by atoms with Gasteiger partial charge in [-0.15, -0.1) is 0 Å². The molecule has 2 aliphatic heterocycles. The van der Waals surface area contributed by atoms with Crippen LogP contribution in [0.3, 0.4) is 0 Å². The third kappa shape index (κ3) is 5.31. The van der Waals surface area contributed by atoms with Gasteiger partial charge >= 0.3 is 6.18 Å². The highest BCUT2D eigenvalue weighted by atomic mass is 19.4. The Bertz CT molecular complexity index is 718. The molecule has 2 N–H and O–H groups in total. The molecule has 4 rings (SSSR count). The van der Waals surface area contributed by atoms with Gasteiger partial charge < -0.3 is 15.5 Å². The number of hydrogen-bond acceptors (Lipinski definition) is 4. The maximum atomic E-state index is 14.4. The fraction of sp³-hybridized carbons (Fsp3) is 0.913. The van der Waals surface area contributed by atoms with Crippen molar-refractivity contribution in [1.29, 1.82) is 0 Å². The predicted molar refractivity (Wildman–Crippen MR) is 115 cm³/mol. The maximum absolute atomic E-state index is 14.4. The zero-order valence-corrected chi connectivity index (χ0v) is 19.4. The molecule has 2 heterocycles. The molecule has 0 radical (unpaired) electrons. The minimum Gasteiger partial charge on any atom is -0.352 e. The summed E-state index contributed by atoms with van der Waals surface area (Å²) in [5.41, 5.74) is 0. The van der Waals surface area contributed by atoms with E-state index in [9.17, 15) is 27.2 Å². The minimum absolute atomic E-state index is 0.0282. The Morgan fingerprint density at radius 1 is 1.06 bits per heavy atom. The highest BCUT2D eigenvalue weighted by Crippen LogP contribution is 2.39. The lowest BCUT2D eigenvalue weighted by atomic mass is 9.77. The number of halogens is 4. The number of carbonyl (C=O) groups excluding carboxylic acids is 2. The number of amides is 2. The van der Waals surface area contributed by atoms with Crippen LogP contribution in [0.15, 0.2) is 0 Å². The van der Waals surface area contributed by atoms with E-state index in [1.165, 1.54) is 6.92 Å². The van der Waals surface area contributed by atoms with Gasteiger partial charge in [-0.2, -0.15) is 13.2 Å². The number of rotatable bonds is 3. The van der Waals surface area contributed by atoms with Gasteiger partial charge in [0, 0.05) is 50.6 Å². The number of hydrogen-bond donors (Lipinski definition) is 2. The molecule has 33 heavy (non-hydrogen) atoms. The number of piperazine rings is 1. The number of carbonyl (C=O) groups is 2. The van der Waals surface area contributed by atoms with Crippen LogP contribution in [0.4, 0.5) is 17.6 Å². The van der Waals surface area contributed by atoms with Gasteiger partial charge in [0.1, 0.15) is 12.2 Å². The van der Waals surface area contributed by atoms with E-state index >= 15 is 0 Å². The van der Waals surface area contributed by atoms with E-state index in [0.717, 1.165) is 30.6 Å². The molecule has 5 unspecified atom stereocenters. The van der Waals surface area contributed by atoms with Gasteiger partial charge in [-0.25, -0.2) is 4.39 Å². The molecule has 0 aromatic carbocycles. The average molecular weight is 477 g/mol. The lowest BCUT2D eigenvalue weighted by Crippen LogP contribution is -2.62. The van der Waals surface area contributed by atoms with Crippen molar-refractivity contribution in [3.05, 3.63) is 0 Å². The Hall–Kier alpha value is -1.42. The molecule has 8 atom stereocenters. The van der Waals surface area contributed by atoms with Crippen molar-refractivity contribution in [3.63, 3.8) is 0 Å². The van der Waals surface area contributed by atoms with Crippen molar-refractivity contribution in [1.82, 2.24) is 20.4 Å². The summed E-state index contributed by atoms with van der Waals surface area (Å²) < 4.78 is 55.1. The molecule has 0 aromatic heterocycles. The van der Waals surface area contributed by atoms with Crippen molar-refractivity contribution in [2.24, 2.45) is 11.8 Å². The molecule has 4 fully saturated rings. The normalized spacial score (nSPS) is 40.4. The van der Waals surface area contributed by atoms with Crippen molar-refractivity contribution >= 4 is 11.8 Å². The summed E-state index contributed by atoms with van der Waals surface area (Å²) in [6, 6.07) is -2.33. The lowest BCUT2D eigenvalue weighted by molar-refractivity contribution is -0.202. The van der Waals surface area contributed by atoms with Crippen LogP contribution in [0.5, 0.6) is 0 Å². The van der Waals surface area contributed by atoms with Crippen molar-refractivity contribution in [2.45, 2.75) is 101 Å². The lowest BCUT2D eigenvalue weighted by Gasteiger charge is -2.46. The van der Waals surface area contributed by atoms with Crippen LogP contribution < -0.4 is 10.6 Å². The molecular formula is C23H36F4N4O2. The summed E-state index contributed by atoms with van der Waals surface area (Å²) in [6.07, 6.45) is -0.469. The predicted octanol–water partition coefficient (Wildman–Crippen LogP) is 2.62. The molecule has 0 bridgehead atoms. The number of nitrogens with one attached hydrogen (secondary N) is 2.